The maximum absolute atomic E-state index is 13.1. The molecule has 4 rings (SSSR count). The van der Waals surface area contributed by atoms with Crippen LogP contribution in [0.1, 0.15) is 27.2 Å². The van der Waals surface area contributed by atoms with Crippen LogP contribution in [-0.4, -0.2) is 51.6 Å². The first-order valence-electron chi connectivity index (χ1n) is 9.99. The van der Waals surface area contributed by atoms with Crippen molar-refractivity contribution in [3.63, 3.8) is 0 Å². The smallest absolute Gasteiger partial charge is 0.251 e. The fraction of sp³-hybridized carbons (Fsp3) is 0.318. The van der Waals surface area contributed by atoms with Crippen molar-refractivity contribution in [2.45, 2.75) is 25.7 Å². The molecule has 8 nitrogen and oxygen atoms in total. The summed E-state index contributed by atoms with van der Waals surface area (Å²) in [5.74, 6) is 0.284. The van der Waals surface area contributed by atoms with Crippen LogP contribution in [0.5, 0.6) is 5.75 Å². The summed E-state index contributed by atoms with van der Waals surface area (Å²) in [6, 6.07) is 8.47. The zero-order chi connectivity index (χ0) is 21.6. The number of nitrogens with one attached hydrogen (secondary N) is 1. The van der Waals surface area contributed by atoms with E-state index in [0.29, 0.717) is 25.5 Å². The van der Waals surface area contributed by atoms with E-state index < -0.39 is 18.0 Å². The minimum absolute atomic E-state index is 0.0839. The van der Waals surface area contributed by atoms with Crippen LogP contribution in [-0.2, 0) is 19.6 Å². The molecule has 3 heterocycles. The van der Waals surface area contributed by atoms with Crippen LogP contribution < -0.4 is 10.1 Å². The molecule has 0 aliphatic carbocycles. The van der Waals surface area contributed by atoms with Crippen LogP contribution in [0.2, 0.25) is 0 Å². The highest BCUT2D eigenvalue weighted by Gasteiger charge is 2.20. The molecule has 1 aliphatic rings. The van der Waals surface area contributed by atoms with Gasteiger partial charge in [-0.2, -0.15) is 4.39 Å². The zero-order valence-electron chi connectivity index (χ0n) is 16.8. The molecule has 0 fully saturated rings. The predicted molar refractivity (Wildman–Crippen MR) is 109 cm³/mol. The number of oxazole rings is 1. The first kappa shape index (κ1) is 21.0. The number of rotatable bonds is 8. The summed E-state index contributed by atoms with van der Waals surface area (Å²) in [7, 11) is 0. The minimum Gasteiger partial charge on any atom is -0.486 e. The molecular formula is C22H23FN4O4. The third kappa shape index (κ3) is 5.65. The van der Waals surface area contributed by atoms with Crippen molar-refractivity contribution in [2.24, 2.45) is 0 Å². The Morgan fingerprint density at radius 2 is 2.23 bits per heavy atom. The average molecular weight is 426 g/mol. The van der Waals surface area contributed by atoms with Gasteiger partial charge in [0.1, 0.15) is 12.4 Å². The summed E-state index contributed by atoms with van der Waals surface area (Å²) in [6.07, 6.45) is 4.33. The van der Waals surface area contributed by atoms with Gasteiger partial charge in [-0.15, -0.1) is 0 Å². The molecule has 3 aromatic rings. The van der Waals surface area contributed by atoms with Gasteiger partial charge in [0.15, 0.2) is 12.2 Å². The van der Waals surface area contributed by atoms with Crippen molar-refractivity contribution in [1.82, 2.24) is 20.2 Å². The van der Waals surface area contributed by atoms with E-state index in [1.807, 2.05) is 18.2 Å². The minimum atomic E-state index is -0.735. The third-order valence-corrected chi connectivity index (χ3v) is 5.09. The number of aromatic nitrogens is 2. The maximum atomic E-state index is 13.1. The number of aliphatic hydroxyl groups excluding tert-OH is 1. The Morgan fingerprint density at radius 1 is 1.32 bits per heavy atom. The van der Waals surface area contributed by atoms with E-state index in [2.05, 4.69) is 20.2 Å². The molecule has 0 bridgehead atoms. The topological polar surface area (TPSA) is 101 Å². The van der Waals surface area contributed by atoms with E-state index >= 15 is 0 Å². The van der Waals surface area contributed by atoms with Gasteiger partial charge in [0.05, 0.1) is 12.3 Å². The zero-order valence-corrected chi connectivity index (χ0v) is 16.8. The number of hydrogen-bond acceptors (Lipinski definition) is 7. The summed E-state index contributed by atoms with van der Waals surface area (Å²) in [6.45, 7) is 2.33. The Labute approximate surface area is 178 Å². The second-order valence-electron chi connectivity index (χ2n) is 7.40. The quantitative estimate of drug-likeness (QED) is 0.531. The number of β-amino-alcohol motifs (C(OH)–C–C–N with tert-alkyl or cyclic N) is 1. The molecule has 0 saturated carbocycles. The number of benzene rings is 1. The lowest BCUT2D eigenvalue weighted by Crippen LogP contribution is -2.42. The number of halogens is 1. The number of ether oxygens (including phenoxy) is 1. The molecular weight excluding hydrogens is 403 g/mol. The van der Waals surface area contributed by atoms with E-state index in [1.54, 1.807) is 6.20 Å². The molecule has 0 unspecified atom stereocenters. The van der Waals surface area contributed by atoms with Crippen LogP contribution >= 0.6 is 0 Å². The lowest BCUT2D eigenvalue weighted by Gasteiger charge is -2.30. The number of aliphatic hydroxyl groups is 1. The molecule has 2 N–H and O–H groups in total. The van der Waals surface area contributed by atoms with Crippen molar-refractivity contribution < 1.29 is 23.4 Å². The van der Waals surface area contributed by atoms with Gasteiger partial charge in [-0.1, -0.05) is 6.07 Å². The summed E-state index contributed by atoms with van der Waals surface area (Å²) >= 11 is 0. The van der Waals surface area contributed by atoms with Crippen molar-refractivity contribution in [2.75, 3.05) is 19.6 Å². The number of amides is 1. The lowest BCUT2D eigenvalue weighted by atomic mass is 9.99. The highest BCUT2D eigenvalue weighted by Crippen LogP contribution is 2.24. The van der Waals surface area contributed by atoms with Gasteiger partial charge in [0.2, 0.25) is 5.95 Å². The third-order valence-electron chi connectivity index (χ3n) is 5.09. The second kappa shape index (κ2) is 9.67. The number of nitrogens with zero attached hydrogens (tertiary/aromatic N) is 3. The van der Waals surface area contributed by atoms with Crippen molar-refractivity contribution in [3.05, 3.63) is 77.5 Å². The first-order valence-corrected chi connectivity index (χ1v) is 9.99. The van der Waals surface area contributed by atoms with Crippen molar-refractivity contribution in [1.29, 1.82) is 0 Å². The summed E-state index contributed by atoms with van der Waals surface area (Å²) in [5.41, 5.74) is 2.57. The van der Waals surface area contributed by atoms with Gasteiger partial charge < -0.3 is 19.6 Å². The number of carbonyl (C=O) groups excluding carboxylic acids is 1. The predicted octanol–water partition coefficient (Wildman–Crippen LogP) is 1.94. The van der Waals surface area contributed by atoms with Crippen LogP contribution in [0.3, 0.4) is 0 Å². The SMILES string of the molecule is O=C(NC[C@H](O)CN1CCc2cc(OCc3cnco3)ccc2C1)c1ccnc(F)c1. The average Bonchev–Trinajstić information content (AvgIpc) is 3.30. The van der Waals surface area contributed by atoms with E-state index in [9.17, 15) is 14.3 Å². The molecule has 0 saturated heterocycles. The molecule has 1 aliphatic heterocycles. The lowest BCUT2D eigenvalue weighted by molar-refractivity contribution is 0.0841. The van der Waals surface area contributed by atoms with Crippen LogP contribution in [0.15, 0.2) is 53.5 Å². The number of pyridine rings is 1. The van der Waals surface area contributed by atoms with Gasteiger partial charge in [0, 0.05) is 44.0 Å². The molecule has 1 atom stereocenters. The standard InChI is InChI=1S/C22H23FN4O4/c23-21-8-16(3-5-25-21)22(29)26-9-18(28)12-27-6-4-15-7-19(2-1-17(15)11-27)30-13-20-10-24-14-31-20/h1-3,5,7-8,10,14,18,28H,4,6,9,11-13H2,(H,26,29)/t18-/m0/s1. The van der Waals surface area contributed by atoms with E-state index in [1.165, 1.54) is 29.8 Å². The number of fused-ring (bicyclic) bond motifs is 1. The molecule has 1 aromatic carbocycles. The fourth-order valence-corrected chi connectivity index (χ4v) is 3.52. The Bertz CT molecular complexity index is 1030. The first-order chi connectivity index (χ1) is 15.1. The van der Waals surface area contributed by atoms with Crippen LogP contribution in [0, 0.1) is 5.95 Å². The molecule has 2 aromatic heterocycles. The fourth-order valence-electron chi connectivity index (χ4n) is 3.52. The van der Waals surface area contributed by atoms with Gasteiger partial charge in [-0.05, 0) is 35.7 Å². The van der Waals surface area contributed by atoms with Crippen LogP contribution in [0.25, 0.3) is 0 Å². The van der Waals surface area contributed by atoms with Gasteiger partial charge in [-0.25, -0.2) is 9.97 Å². The molecule has 162 valence electrons. The summed E-state index contributed by atoms with van der Waals surface area (Å²) < 4.78 is 24.0. The van der Waals surface area contributed by atoms with Crippen LogP contribution in [0.4, 0.5) is 4.39 Å². The highest BCUT2D eigenvalue weighted by atomic mass is 19.1. The van der Waals surface area contributed by atoms with Gasteiger partial charge in [0.25, 0.3) is 5.91 Å². The van der Waals surface area contributed by atoms with E-state index in [4.69, 9.17) is 9.15 Å². The molecule has 9 heteroatoms. The Kier molecular flexibility index (Phi) is 6.54. The Hall–Kier alpha value is -3.30. The van der Waals surface area contributed by atoms with Gasteiger partial charge >= 0.3 is 0 Å². The second-order valence-corrected chi connectivity index (χ2v) is 7.40. The van der Waals surface area contributed by atoms with E-state index in [-0.39, 0.29) is 12.1 Å². The molecule has 0 spiro atoms. The Balaban J connectivity index is 1.25. The van der Waals surface area contributed by atoms with Crippen molar-refractivity contribution >= 4 is 5.91 Å². The molecule has 1 amide bonds. The monoisotopic (exact) mass is 426 g/mol. The number of carbonyl (C=O) groups is 1. The van der Waals surface area contributed by atoms with E-state index in [0.717, 1.165) is 24.8 Å². The molecule has 31 heavy (non-hydrogen) atoms. The highest BCUT2D eigenvalue weighted by molar-refractivity contribution is 5.94. The number of hydrogen-bond donors (Lipinski definition) is 2. The molecule has 0 radical (unpaired) electrons. The normalized spacial score (nSPS) is 14.6. The van der Waals surface area contributed by atoms with Gasteiger partial charge in [-0.3, -0.25) is 9.69 Å². The summed E-state index contributed by atoms with van der Waals surface area (Å²) in [5, 5.41) is 13.0. The van der Waals surface area contributed by atoms with Crippen molar-refractivity contribution in [3.8, 4) is 5.75 Å². The Morgan fingerprint density at radius 3 is 3.03 bits per heavy atom. The maximum Gasteiger partial charge on any atom is 0.251 e. The summed E-state index contributed by atoms with van der Waals surface area (Å²) in [4.78, 5) is 21.5. The largest absolute Gasteiger partial charge is 0.486 e.